The molecule has 4 nitrogen and oxygen atoms in total. The summed E-state index contributed by atoms with van der Waals surface area (Å²) >= 11 is 3.45. The zero-order valence-corrected chi connectivity index (χ0v) is 13.8. The fraction of sp³-hybridized carbons (Fsp3) is 0.312. The summed E-state index contributed by atoms with van der Waals surface area (Å²) in [5, 5.41) is 3.30. The van der Waals surface area contributed by atoms with E-state index in [0.29, 0.717) is 19.0 Å². The Morgan fingerprint density at radius 3 is 2.90 bits per heavy atom. The van der Waals surface area contributed by atoms with Crippen LogP contribution in [-0.2, 0) is 11.3 Å². The highest BCUT2D eigenvalue weighted by Crippen LogP contribution is 2.28. The second-order valence-electron chi connectivity index (χ2n) is 4.65. The van der Waals surface area contributed by atoms with Crippen molar-refractivity contribution < 1.29 is 9.47 Å². The summed E-state index contributed by atoms with van der Waals surface area (Å²) < 4.78 is 12.0. The lowest BCUT2D eigenvalue weighted by molar-refractivity contribution is 0.199. The van der Waals surface area contributed by atoms with Gasteiger partial charge < -0.3 is 14.8 Å². The fourth-order valence-corrected chi connectivity index (χ4v) is 2.35. The van der Waals surface area contributed by atoms with Gasteiger partial charge in [0.2, 0.25) is 5.88 Å². The molecule has 1 aromatic heterocycles. The lowest BCUT2D eigenvalue weighted by Crippen LogP contribution is -2.19. The van der Waals surface area contributed by atoms with Gasteiger partial charge in [0, 0.05) is 36.4 Å². The van der Waals surface area contributed by atoms with Gasteiger partial charge >= 0.3 is 0 Å². The van der Waals surface area contributed by atoms with Crippen molar-refractivity contribution in [2.75, 3.05) is 20.3 Å². The Morgan fingerprint density at radius 1 is 1.29 bits per heavy atom. The van der Waals surface area contributed by atoms with Gasteiger partial charge in [-0.25, -0.2) is 4.98 Å². The molecule has 5 heteroatoms. The summed E-state index contributed by atoms with van der Waals surface area (Å²) in [6.45, 7) is 4.19. The number of methoxy groups -OCH3 is 1. The molecule has 0 atom stereocenters. The number of aryl methyl sites for hydroxylation is 1. The van der Waals surface area contributed by atoms with E-state index in [4.69, 9.17) is 9.47 Å². The highest BCUT2D eigenvalue weighted by Gasteiger charge is 2.08. The Bertz CT molecular complexity index is 590. The summed E-state index contributed by atoms with van der Waals surface area (Å²) in [5.41, 5.74) is 2.09. The lowest BCUT2D eigenvalue weighted by atomic mass is 10.2. The molecule has 0 unspecified atom stereocenters. The van der Waals surface area contributed by atoms with Gasteiger partial charge in [-0.3, -0.25) is 0 Å². The van der Waals surface area contributed by atoms with E-state index in [1.807, 2.05) is 37.3 Å². The predicted octanol–water partition coefficient (Wildman–Crippen LogP) is 3.68. The van der Waals surface area contributed by atoms with Crippen molar-refractivity contribution in [2.45, 2.75) is 13.5 Å². The third-order valence-corrected chi connectivity index (χ3v) is 3.49. The minimum absolute atomic E-state index is 0.632. The summed E-state index contributed by atoms with van der Waals surface area (Å²) in [6, 6.07) is 9.84. The largest absolute Gasteiger partial charge is 0.438 e. The molecule has 1 aromatic carbocycles. The third kappa shape index (κ3) is 4.81. The average Bonchev–Trinajstić information content (AvgIpc) is 2.48. The van der Waals surface area contributed by atoms with Crippen LogP contribution in [0.3, 0.4) is 0 Å². The van der Waals surface area contributed by atoms with Crippen molar-refractivity contribution in [1.82, 2.24) is 10.3 Å². The third-order valence-electron chi connectivity index (χ3n) is 2.99. The number of aromatic nitrogens is 1. The molecule has 1 heterocycles. The summed E-state index contributed by atoms with van der Waals surface area (Å²) in [7, 11) is 1.69. The molecular formula is C16H19BrN2O2. The summed E-state index contributed by atoms with van der Waals surface area (Å²) in [5.74, 6) is 1.45. The number of rotatable bonds is 7. The van der Waals surface area contributed by atoms with E-state index in [-0.39, 0.29) is 0 Å². The molecular weight excluding hydrogens is 332 g/mol. The Labute approximate surface area is 133 Å². The molecule has 0 fully saturated rings. The second kappa shape index (κ2) is 8.12. The van der Waals surface area contributed by atoms with Crippen LogP contribution in [0.2, 0.25) is 0 Å². The molecule has 0 saturated heterocycles. The maximum absolute atomic E-state index is 5.95. The van der Waals surface area contributed by atoms with Crippen molar-refractivity contribution in [3.8, 4) is 11.6 Å². The number of benzene rings is 1. The normalized spacial score (nSPS) is 10.6. The van der Waals surface area contributed by atoms with Crippen LogP contribution >= 0.6 is 15.9 Å². The molecule has 0 spiro atoms. The minimum atomic E-state index is 0.632. The first-order chi connectivity index (χ1) is 10.2. The molecule has 0 radical (unpaired) electrons. The van der Waals surface area contributed by atoms with E-state index < -0.39 is 0 Å². The van der Waals surface area contributed by atoms with Crippen LogP contribution in [0.4, 0.5) is 0 Å². The standard InChI is InChI=1S/C16H19BrN2O2/c1-12-10-14(17)5-6-15(12)21-16-13(4-3-7-19-16)11-18-8-9-20-2/h3-7,10,18H,8-9,11H2,1-2H3. The van der Waals surface area contributed by atoms with Gasteiger partial charge in [0.1, 0.15) is 5.75 Å². The van der Waals surface area contributed by atoms with E-state index in [0.717, 1.165) is 27.9 Å². The van der Waals surface area contributed by atoms with Crippen molar-refractivity contribution in [1.29, 1.82) is 0 Å². The molecule has 0 aliphatic rings. The minimum Gasteiger partial charge on any atom is -0.438 e. The zero-order valence-electron chi connectivity index (χ0n) is 12.2. The number of ether oxygens (including phenoxy) is 2. The van der Waals surface area contributed by atoms with E-state index in [1.165, 1.54) is 0 Å². The van der Waals surface area contributed by atoms with Crippen molar-refractivity contribution in [2.24, 2.45) is 0 Å². The van der Waals surface area contributed by atoms with Gasteiger partial charge in [0.25, 0.3) is 0 Å². The highest BCUT2D eigenvalue weighted by molar-refractivity contribution is 9.10. The molecule has 0 saturated carbocycles. The number of pyridine rings is 1. The van der Waals surface area contributed by atoms with E-state index in [9.17, 15) is 0 Å². The van der Waals surface area contributed by atoms with Crippen molar-refractivity contribution in [3.05, 3.63) is 52.1 Å². The Kier molecular flexibility index (Phi) is 6.17. The van der Waals surface area contributed by atoms with Gasteiger partial charge in [0.15, 0.2) is 0 Å². The quantitative estimate of drug-likeness (QED) is 0.773. The Balaban J connectivity index is 2.08. The van der Waals surface area contributed by atoms with Crippen LogP contribution in [0.25, 0.3) is 0 Å². The second-order valence-corrected chi connectivity index (χ2v) is 5.56. The average molecular weight is 351 g/mol. The summed E-state index contributed by atoms with van der Waals surface area (Å²) in [6.07, 6.45) is 1.74. The van der Waals surface area contributed by atoms with Crippen LogP contribution in [-0.4, -0.2) is 25.2 Å². The lowest BCUT2D eigenvalue weighted by Gasteiger charge is -2.12. The molecule has 2 rings (SSSR count). The monoisotopic (exact) mass is 350 g/mol. The number of hydrogen-bond acceptors (Lipinski definition) is 4. The number of halogens is 1. The van der Waals surface area contributed by atoms with Crippen LogP contribution in [0.5, 0.6) is 11.6 Å². The maximum atomic E-state index is 5.95. The smallest absolute Gasteiger partial charge is 0.223 e. The van der Waals surface area contributed by atoms with Crippen LogP contribution in [0, 0.1) is 6.92 Å². The van der Waals surface area contributed by atoms with Gasteiger partial charge in [-0.05, 0) is 36.8 Å². The number of nitrogens with one attached hydrogen (secondary N) is 1. The number of hydrogen-bond donors (Lipinski definition) is 1. The molecule has 0 amide bonds. The van der Waals surface area contributed by atoms with Gasteiger partial charge in [-0.1, -0.05) is 22.0 Å². The molecule has 0 bridgehead atoms. The Morgan fingerprint density at radius 2 is 2.14 bits per heavy atom. The number of nitrogens with zero attached hydrogens (tertiary/aromatic N) is 1. The molecule has 112 valence electrons. The van der Waals surface area contributed by atoms with Crippen molar-refractivity contribution in [3.63, 3.8) is 0 Å². The van der Waals surface area contributed by atoms with E-state index >= 15 is 0 Å². The molecule has 0 aliphatic carbocycles. The first-order valence-electron chi connectivity index (χ1n) is 6.78. The predicted molar refractivity (Wildman–Crippen MR) is 86.8 cm³/mol. The first kappa shape index (κ1) is 15.9. The summed E-state index contributed by atoms with van der Waals surface area (Å²) in [4.78, 5) is 4.33. The van der Waals surface area contributed by atoms with Gasteiger partial charge in [0.05, 0.1) is 6.61 Å². The first-order valence-corrected chi connectivity index (χ1v) is 7.57. The maximum Gasteiger partial charge on any atom is 0.223 e. The van der Waals surface area contributed by atoms with E-state index in [1.54, 1.807) is 13.3 Å². The van der Waals surface area contributed by atoms with Crippen LogP contribution in [0.15, 0.2) is 41.0 Å². The molecule has 21 heavy (non-hydrogen) atoms. The SMILES string of the molecule is COCCNCc1cccnc1Oc1ccc(Br)cc1C. The molecule has 0 aliphatic heterocycles. The Hall–Kier alpha value is -1.43. The van der Waals surface area contributed by atoms with Gasteiger partial charge in [-0.15, -0.1) is 0 Å². The topological polar surface area (TPSA) is 43.4 Å². The molecule has 2 aromatic rings. The highest BCUT2D eigenvalue weighted by atomic mass is 79.9. The van der Waals surface area contributed by atoms with Crippen LogP contribution < -0.4 is 10.1 Å². The van der Waals surface area contributed by atoms with E-state index in [2.05, 4.69) is 26.2 Å². The zero-order chi connectivity index (χ0) is 15.1. The van der Waals surface area contributed by atoms with Gasteiger partial charge in [-0.2, -0.15) is 0 Å². The van der Waals surface area contributed by atoms with Crippen LogP contribution in [0.1, 0.15) is 11.1 Å². The van der Waals surface area contributed by atoms with Crippen molar-refractivity contribution >= 4 is 15.9 Å². The fourth-order valence-electron chi connectivity index (χ4n) is 1.88. The molecule has 1 N–H and O–H groups in total.